The number of amides is 1. The van der Waals surface area contributed by atoms with Crippen LogP contribution in [-0.4, -0.2) is 65.1 Å². The predicted octanol–water partition coefficient (Wildman–Crippen LogP) is 5.54. The molecule has 1 amide bonds. The molecule has 4 rings (SSSR count). The van der Waals surface area contributed by atoms with Crippen molar-refractivity contribution in [1.29, 1.82) is 0 Å². The molecule has 1 aliphatic rings. The number of alkyl halides is 3. The highest BCUT2D eigenvalue weighted by Crippen LogP contribution is 2.43. The average Bonchev–Trinajstić information content (AvgIpc) is 3.46. The number of carbonyl (C=O) groups is 2. The zero-order chi connectivity index (χ0) is 30.3. The molecule has 222 valence electrons. The highest BCUT2D eigenvalue weighted by Gasteiger charge is 2.37. The SMILES string of the molecule is COC(=O)c1ccc2c(-c3nc(N[C@H]4CC[C@H](NC(=O)OC(C)(C)C)C4)ncc3C(F)(F)F)c[nH]c2c1P(C)(C)=O. The molecule has 0 unspecified atom stereocenters. The fourth-order valence-corrected chi connectivity index (χ4v) is 6.45. The second kappa shape index (κ2) is 11.0. The lowest BCUT2D eigenvalue weighted by molar-refractivity contribution is -0.137. The van der Waals surface area contributed by atoms with Gasteiger partial charge in [-0.2, -0.15) is 13.2 Å². The summed E-state index contributed by atoms with van der Waals surface area (Å²) in [4.78, 5) is 35.6. The molecule has 2 aromatic heterocycles. The summed E-state index contributed by atoms with van der Waals surface area (Å²) in [6.45, 7) is 8.23. The van der Waals surface area contributed by atoms with Gasteiger partial charge in [0.2, 0.25) is 5.95 Å². The van der Waals surface area contributed by atoms with Crippen LogP contribution in [0.5, 0.6) is 0 Å². The normalized spacial score (nSPS) is 17.9. The van der Waals surface area contributed by atoms with Crippen LogP contribution in [0.2, 0.25) is 0 Å². The van der Waals surface area contributed by atoms with E-state index in [2.05, 4.69) is 25.6 Å². The molecule has 0 spiro atoms. The summed E-state index contributed by atoms with van der Waals surface area (Å²) in [6.07, 6.45) is -1.43. The number of benzene rings is 1. The predicted molar refractivity (Wildman–Crippen MR) is 149 cm³/mol. The van der Waals surface area contributed by atoms with Gasteiger partial charge in [-0.05, 0) is 59.4 Å². The van der Waals surface area contributed by atoms with E-state index in [0.717, 1.165) is 6.20 Å². The second-order valence-corrected chi connectivity index (χ2v) is 14.5. The van der Waals surface area contributed by atoms with E-state index >= 15 is 0 Å². The Kier molecular flexibility index (Phi) is 8.14. The number of esters is 1. The van der Waals surface area contributed by atoms with Crippen molar-refractivity contribution in [3.8, 4) is 11.3 Å². The number of rotatable bonds is 6. The summed E-state index contributed by atoms with van der Waals surface area (Å²) >= 11 is 0. The van der Waals surface area contributed by atoms with Crippen LogP contribution in [0.25, 0.3) is 22.2 Å². The standard InChI is InChI=1S/C27H33F3N5O5P/c1-26(2,3)40-25(37)34-15-8-7-14(11-15)33-24-32-13-19(27(28,29)30)20(35-24)18-12-31-21-16(18)9-10-17(23(36)39-4)22(21)41(5,6)38/h9-10,12-15,31H,7-8,11H2,1-6H3,(H,34,37)(H,32,33,35)/t14-,15-/m0/s1. The molecule has 1 fully saturated rings. The maximum Gasteiger partial charge on any atom is 0.419 e. The lowest BCUT2D eigenvalue weighted by atomic mass is 10.0. The summed E-state index contributed by atoms with van der Waals surface area (Å²) in [6, 6.07) is 2.50. The van der Waals surface area contributed by atoms with E-state index in [-0.39, 0.29) is 45.7 Å². The molecule has 0 aliphatic heterocycles. The molecule has 10 nitrogen and oxygen atoms in total. The van der Waals surface area contributed by atoms with Gasteiger partial charge in [0.15, 0.2) is 0 Å². The number of hydrogen-bond donors (Lipinski definition) is 3. The van der Waals surface area contributed by atoms with Crippen molar-refractivity contribution in [3.05, 3.63) is 35.7 Å². The Morgan fingerprint density at radius 1 is 1.12 bits per heavy atom. The van der Waals surface area contributed by atoms with Gasteiger partial charge in [-0.1, -0.05) is 6.07 Å². The number of aromatic nitrogens is 3. The summed E-state index contributed by atoms with van der Waals surface area (Å²) < 4.78 is 65.5. The lowest BCUT2D eigenvalue weighted by Crippen LogP contribution is -2.38. The smallest absolute Gasteiger partial charge is 0.419 e. The number of methoxy groups -OCH3 is 1. The van der Waals surface area contributed by atoms with E-state index in [9.17, 15) is 27.3 Å². The number of H-pyrrole nitrogens is 1. The summed E-state index contributed by atoms with van der Waals surface area (Å²) in [7, 11) is -1.89. The molecule has 1 aromatic carbocycles. The Bertz CT molecular complexity index is 1530. The molecule has 14 heteroatoms. The van der Waals surface area contributed by atoms with Gasteiger partial charge in [-0.3, -0.25) is 0 Å². The van der Waals surface area contributed by atoms with E-state index in [0.29, 0.717) is 24.6 Å². The molecule has 0 bridgehead atoms. The van der Waals surface area contributed by atoms with Crippen molar-refractivity contribution in [2.45, 2.75) is 63.9 Å². The molecule has 0 radical (unpaired) electrons. The number of halogens is 3. The Labute approximate surface area is 235 Å². The first kappa shape index (κ1) is 30.4. The minimum atomic E-state index is -4.76. The van der Waals surface area contributed by atoms with Crippen molar-refractivity contribution in [3.63, 3.8) is 0 Å². The van der Waals surface area contributed by atoms with E-state index < -0.39 is 36.5 Å². The van der Waals surface area contributed by atoms with Crippen LogP contribution in [-0.2, 0) is 20.2 Å². The molecule has 2 atom stereocenters. The van der Waals surface area contributed by atoms with Crippen molar-refractivity contribution < 1.29 is 36.8 Å². The number of hydrogen-bond acceptors (Lipinski definition) is 8. The summed E-state index contributed by atoms with van der Waals surface area (Å²) in [5.41, 5.74) is -1.61. The van der Waals surface area contributed by atoms with Crippen molar-refractivity contribution in [1.82, 2.24) is 20.3 Å². The molecule has 1 saturated carbocycles. The van der Waals surface area contributed by atoms with E-state index in [4.69, 9.17) is 9.47 Å². The zero-order valence-electron chi connectivity index (χ0n) is 23.6. The second-order valence-electron chi connectivity index (χ2n) is 11.4. The molecule has 2 heterocycles. The average molecular weight is 596 g/mol. The fourth-order valence-electron chi connectivity index (χ4n) is 4.98. The molecule has 3 aromatic rings. The third kappa shape index (κ3) is 6.83. The number of alkyl carbamates (subject to hydrolysis) is 1. The topological polar surface area (TPSA) is 135 Å². The molecular weight excluding hydrogens is 562 g/mol. The van der Waals surface area contributed by atoms with Crippen LogP contribution in [0.15, 0.2) is 24.5 Å². The molecule has 0 saturated heterocycles. The number of fused-ring (bicyclic) bond motifs is 1. The minimum Gasteiger partial charge on any atom is -0.465 e. The van der Waals surface area contributed by atoms with Crippen LogP contribution in [0.3, 0.4) is 0 Å². The van der Waals surface area contributed by atoms with Gasteiger partial charge in [0.25, 0.3) is 0 Å². The largest absolute Gasteiger partial charge is 0.465 e. The van der Waals surface area contributed by atoms with Crippen LogP contribution >= 0.6 is 7.14 Å². The lowest BCUT2D eigenvalue weighted by Gasteiger charge is -2.22. The number of aromatic amines is 1. The Morgan fingerprint density at radius 3 is 2.41 bits per heavy atom. The third-order valence-electron chi connectivity index (χ3n) is 6.61. The highest BCUT2D eigenvalue weighted by molar-refractivity contribution is 7.70. The molecular formula is C27H33F3N5O5P. The number of nitrogens with zero attached hydrogens (tertiary/aromatic N) is 2. The van der Waals surface area contributed by atoms with Crippen molar-refractivity contribution in [2.75, 3.05) is 25.8 Å². The van der Waals surface area contributed by atoms with Gasteiger partial charge in [0.05, 0.1) is 23.9 Å². The summed E-state index contributed by atoms with van der Waals surface area (Å²) in [5.74, 6) is -0.712. The number of anilines is 1. The Morgan fingerprint density at radius 2 is 1.80 bits per heavy atom. The number of nitrogens with one attached hydrogen (secondary N) is 3. The van der Waals surface area contributed by atoms with Crippen molar-refractivity contribution in [2.24, 2.45) is 0 Å². The van der Waals surface area contributed by atoms with Gasteiger partial charge in [0, 0.05) is 40.7 Å². The molecule has 1 aliphatic carbocycles. The number of carbonyl (C=O) groups excluding carboxylic acids is 2. The van der Waals surface area contributed by atoms with Gasteiger partial charge < -0.3 is 29.7 Å². The maximum absolute atomic E-state index is 14.1. The first-order valence-electron chi connectivity index (χ1n) is 13.0. The first-order chi connectivity index (χ1) is 19.0. The van der Waals surface area contributed by atoms with Crippen molar-refractivity contribution >= 4 is 41.4 Å². The molecule has 3 N–H and O–H groups in total. The summed E-state index contributed by atoms with van der Waals surface area (Å²) in [5, 5.41) is 6.41. The maximum atomic E-state index is 14.1. The Balaban J connectivity index is 1.68. The van der Waals surface area contributed by atoms with Gasteiger partial charge in [-0.15, -0.1) is 0 Å². The minimum absolute atomic E-state index is 0.00618. The van der Waals surface area contributed by atoms with Crippen LogP contribution in [0.4, 0.5) is 23.9 Å². The fraction of sp³-hybridized carbons (Fsp3) is 0.481. The van der Waals surface area contributed by atoms with E-state index in [1.807, 2.05) is 0 Å². The Hall–Kier alpha value is -3.60. The van der Waals surface area contributed by atoms with Crippen LogP contribution < -0.4 is 15.9 Å². The monoisotopic (exact) mass is 595 g/mol. The van der Waals surface area contributed by atoms with Gasteiger partial charge in [-0.25, -0.2) is 19.6 Å². The highest BCUT2D eigenvalue weighted by atomic mass is 31.2. The first-order valence-corrected chi connectivity index (χ1v) is 15.6. The number of ether oxygens (including phenoxy) is 2. The zero-order valence-corrected chi connectivity index (χ0v) is 24.5. The quantitative estimate of drug-likeness (QED) is 0.250. The molecule has 41 heavy (non-hydrogen) atoms. The van der Waals surface area contributed by atoms with E-state index in [1.54, 1.807) is 20.8 Å². The van der Waals surface area contributed by atoms with Crippen LogP contribution in [0, 0.1) is 0 Å². The van der Waals surface area contributed by atoms with Crippen LogP contribution in [0.1, 0.15) is 56.0 Å². The van der Waals surface area contributed by atoms with Gasteiger partial charge >= 0.3 is 18.2 Å². The van der Waals surface area contributed by atoms with Gasteiger partial charge in [0.1, 0.15) is 18.3 Å². The van der Waals surface area contributed by atoms with E-state index in [1.165, 1.54) is 38.8 Å². The third-order valence-corrected chi connectivity index (χ3v) is 8.15.